The van der Waals surface area contributed by atoms with Gasteiger partial charge in [0.2, 0.25) is 0 Å². The maximum absolute atomic E-state index is 12.5. The van der Waals surface area contributed by atoms with E-state index in [0.29, 0.717) is 13.2 Å². The van der Waals surface area contributed by atoms with E-state index in [2.05, 4.69) is 5.32 Å². The first-order valence-electron chi connectivity index (χ1n) is 15.9. The van der Waals surface area contributed by atoms with Gasteiger partial charge in [0.05, 0.1) is 52.3 Å². The first-order chi connectivity index (χ1) is 22.6. The molecule has 4 aromatic carbocycles. The van der Waals surface area contributed by atoms with Crippen LogP contribution in [0.1, 0.15) is 28.7 Å². The molecule has 0 heterocycles. The van der Waals surface area contributed by atoms with Crippen LogP contribution in [0, 0.1) is 0 Å². The molecule has 8 heteroatoms. The molecule has 0 spiro atoms. The zero-order valence-corrected chi connectivity index (χ0v) is 26.1. The van der Waals surface area contributed by atoms with Crippen LogP contribution < -0.4 is 5.32 Å². The zero-order valence-electron chi connectivity index (χ0n) is 26.1. The SMILES string of the molecule is OCC(CO)N[C@H]1C[C@](O)(COCc2ccccc2)C(OCc2ccccc2)[C@H](OCc2ccccc2)C1OCc1ccccc1. The molecule has 0 bridgehead atoms. The van der Waals surface area contributed by atoms with Crippen LogP contribution in [0.3, 0.4) is 0 Å². The molecule has 1 aliphatic carbocycles. The molecule has 1 saturated carbocycles. The molecular weight excluding hydrogens is 582 g/mol. The fourth-order valence-electron chi connectivity index (χ4n) is 5.94. The maximum Gasteiger partial charge on any atom is 0.118 e. The summed E-state index contributed by atoms with van der Waals surface area (Å²) in [6.45, 7) is 0.517. The molecule has 0 amide bonds. The Bertz CT molecular complexity index is 1390. The minimum Gasteiger partial charge on any atom is -0.395 e. The van der Waals surface area contributed by atoms with Crippen LogP contribution in [-0.2, 0) is 45.4 Å². The lowest BCUT2D eigenvalue weighted by molar-refractivity contribution is -0.256. The van der Waals surface area contributed by atoms with Gasteiger partial charge in [-0.1, -0.05) is 121 Å². The Hall–Kier alpha value is -3.44. The Morgan fingerprint density at radius 1 is 0.587 bits per heavy atom. The normalized spacial score (nSPS) is 23.0. The van der Waals surface area contributed by atoms with Crippen molar-refractivity contribution in [2.45, 2.75) is 68.8 Å². The molecule has 0 aromatic heterocycles. The Kier molecular flexibility index (Phi) is 12.9. The summed E-state index contributed by atoms with van der Waals surface area (Å²) >= 11 is 0. The van der Waals surface area contributed by atoms with Gasteiger partial charge in [0.15, 0.2) is 0 Å². The molecule has 4 aromatic rings. The van der Waals surface area contributed by atoms with Crippen LogP contribution in [0.5, 0.6) is 0 Å². The number of benzene rings is 4. The number of ether oxygens (including phenoxy) is 4. The molecule has 1 fully saturated rings. The minimum atomic E-state index is -1.51. The van der Waals surface area contributed by atoms with Gasteiger partial charge in [-0.25, -0.2) is 0 Å². The van der Waals surface area contributed by atoms with E-state index < -0.39 is 36.0 Å². The fourth-order valence-corrected chi connectivity index (χ4v) is 5.94. The topological polar surface area (TPSA) is 110 Å². The largest absolute Gasteiger partial charge is 0.395 e. The fraction of sp³-hybridized carbons (Fsp3) is 0.368. The first kappa shape index (κ1) is 33.9. The highest BCUT2D eigenvalue weighted by molar-refractivity contribution is 5.18. The van der Waals surface area contributed by atoms with Gasteiger partial charge >= 0.3 is 0 Å². The smallest absolute Gasteiger partial charge is 0.118 e. The predicted molar refractivity (Wildman–Crippen MR) is 176 cm³/mol. The standard InChI is InChI=1S/C38H45NO7/c40-22-33(23-41)39-34-21-38(42,28-43-24-29-13-5-1-6-14-29)37(46-27-32-19-11-4-12-20-32)36(45-26-31-17-9-3-10-18-31)35(34)44-25-30-15-7-2-8-16-30/h1-20,33-37,39-42H,21-28H2/t34-,35?,36+,37?,38-/m0/s1. The van der Waals surface area contributed by atoms with E-state index in [9.17, 15) is 15.3 Å². The monoisotopic (exact) mass is 627 g/mol. The Morgan fingerprint density at radius 3 is 1.46 bits per heavy atom. The molecular formula is C38H45NO7. The summed E-state index contributed by atoms with van der Waals surface area (Å²) in [5.74, 6) is 0. The number of hydrogen-bond acceptors (Lipinski definition) is 8. The summed E-state index contributed by atoms with van der Waals surface area (Å²) in [6, 6.07) is 38.2. The number of rotatable bonds is 17. The second-order valence-corrected chi connectivity index (χ2v) is 11.9. The second-order valence-electron chi connectivity index (χ2n) is 11.9. The lowest BCUT2D eigenvalue weighted by atomic mass is 9.75. The van der Waals surface area contributed by atoms with Gasteiger partial charge in [-0.15, -0.1) is 0 Å². The molecule has 0 saturated heterocycles. The van der Waals surface area contributed by atoms with Crippen molar-refractivity contribution in [3.05, 3.63) is 144 Å². The summed E-state index contributed by atoms with van der Waals surface area (Å²) < 4.78 is 26.1. The molecule has 5 rings (SSSR count). The molecule has 8 nitrogen and oxygen atoms in total. The van der Waals surface area contributed by atoms with Gasteiger partial charge in [0, 0.05) is 6.04 Å². The van der Waals surface area contributed by atoms with Crippen molar-refractivity contribution < 1.29 is 34.3 Å². The summed E-state index contributed by atoms with van der Waals surface area (Å²) in [6.07, 6.45) is -2.03. The van der Waals surface area contributed by atoms with E-state index in [1.165, 1.54) is 0 Å². The predicted octanol–water partition coefficient (Wildman–Crippen LogP) is 4.41. The van der Waals surface area contributed by atoms with Crippen LogP contribution in [0.15, 0.2) is 121 Å². The van der Waals surface area contributed by atoms with E-state index in [-0.39, 0.29) is 39.5 Å². The molecule has 4 N–H and O–H groups in total. The van der Waals surface area contributed by atoms with Crippen molar-refractivity contribution in [2.75, 3.05) is 19.8 Å². The van der Waals surface area contributed by atoms with Crippen molar-refractivity contribution >= 4 is 0 Å². The van der Waals surface area contributed by atoms with Crippen molar-refractivity contribution in [1.29, 1.82) is 0 Å². The van der Waals surface area contributed by atoms with Gasteiger partial charge in [-0.3, -0.25) is 0 Å². The number of aliphatic hydroxyl groups excluding tert-OH is 2. The molecule has 0 radical (unpaired) electrons. The van der Waals surface area contributed by atoms with Crippen molar-refractivity contribution in [2.24, 2.45) is 0 Å². The van der Waals surface area contributed by atoms with Gasteiger partial charge < -0.3 is 39.6 Å². The van der Waals surface area contributed by atoms with E-state index in [4.69, 9.17) is 18.9 Å². The average molecular weight is 628 g/mol. The van der Waals surface area contributed by atoms with Crippen molar-refractivity contribution in [1.82, 2.24) is 5.32 Å². The lowest BCUT2D eigenvalue weighted by Gasteiger charge is -2.51. The third kappa shape index (κ3) is 9.54. The van der Waals surface area contributed by atoms with Gasteiger partial charge in [0.25, 0.3) is 0 Å². The van der Waals surface area contributed by atoms with Gasteiger partial charge in [0.1, 0.15) is 23.9 Å². The van der Waals surface area contributed by atoms with Crippen LogP contribution >= 0.6 is 0 Å². The summed E-state index contributed by atoms with van der Waals surface area (Å²) in [5, 5.41) is 35.9. The Morgan fingerprint density at radius 2 is 1.00 bits per heavy atom. The van der Waals surface area contributed by atoms with Gasteiger partial charge in [-0.05, 0) is 28.7 Å². The average Bonchev–Trinajstić information content (AvgIpc) is 3.10. The van der Waals surface area contributed by atoms with Crippen LogP contribution in [-0.4, -0.2) is 71.1 Å². The number of nitrogens with one attached hydrogen (secondary N) is 1. The number of aliphatic hydroxyl groups is 3. The van der Waals surface area contributed by atoms with Crippen LogP contribution in [0.4, 0.5) is 0 Å². The van der Waals surface area contributed by atoms with Crippen molar-refractivity contribution in [3.8, 4) is 0 Å². The highest BCUT2D eigenvalue weighted by atomic mass is 16.6. The molecule has 244 valence electrons. The van der Waals surface area contributed by atoms with E-state index in [0.717, 1.165) is 22.3 Å². The molecule has 1 aliphatic rings. The number of hydrogen-bond donors (Lipinski definition) is 4. The third-order valence-corrected chi connectivity index (χ3v) is 8.32. The minimum absolute atomic E-state index is 0.0287. The summed E-state index contributed by atoms with van der Waals surface area (Å²) in [7, 11) is 0. The van der Waals surface area contributed by atoms with Crippen molar-refractivity contribution in [3.63, 3.8) is 0 Å². The molecule has 5 atom stereocenters. The van der Waals surface area contributed by atoms with Gasteiger partial charge in [-0.2, -0.15) is 0 Å². The van der Waals surface area contributed by atoms with Crippen LogP contribution in [0.2, 0.25) is 0 Å². The highest BCUT2D eigenvalue weighted by Crippen LogP contribution is 2.37. The maximum atomic E-state index is 12.5. The molecule has 46 heavy (non-hydrogen) atoms. The Balaban J connectivity index is 1.48. The quantitative estimate of drug-likeness (QED) is 0.136. The van der Waals surface area contributed by atoms with E-state index in [1.807, 2.05) is 121 Å². The van der Waals surface area contributed by atoms with Crippen LogP contribution in [0.25, 0.3) is 0 Å². The van der Waals surface area contributed by atoms with E-state index >= 15 is 0 Å². The lowest BCUT2D eigenvalue weighted by Crippen LogP contribution is -2.70. The first-order valence-corrected chi connectivity index (χ1v) is 15.9. The summed E-state index contributed by atoms with van der Waals surface area (Å²) in [5.41, 5.74) is 2.38. The third-order valence-electron chi connectivity index (χ3n) is 8.32. The Labute approximate surface area is 271 Å². The van der Waals surface area contributed by atoms with E-state index in [1.54, 1.807) is 0 Å². The second kappa shape index (κ2) is 17.5. The summed E-state index contributed by atoms with van der Waals surface area (Å²) in [4.78, 5) is 0. The molecule has 2 unspecified atom stereocenters. The highest BCUT2D eigenvalue weighted by Gasteiger charge is 2.55. The molecule has 0 aliphatic heterocycles. The zero-order chi connectivity index (χ0) is 32.0.